The van der Waals surface area contributed by atoms with Crippen molar-refractivity contribution in [2.75, 3.05) is 0 Å². The number of benzene rings is 1. The molecular weight excluding hydrogens is 194 g/mol. The predicted molar refractivity (Wildman–Crippen MR) is 69.3 cm³/mol. The first-order chi connectivity index (χ1) is 7.86. The fourth-order valence-corrected chi connectivity index (χ4v) is 2.29. The van der Waals surface area contributed by atoms with Crippen LogP contribution >= 0.6 is 0 Å². The zero-order chi connectivity index (χ0) is 11.2. The van der Waals surface area contributed by atoms with Crippen molar-refractivity contribution in [1.82, 2.24) is 0 Å². The van der Waals surface area contributed by atoms with Crippen LogP contribution in [-0.4, -0.2) is 6.04 Å². The molecule has 1 heteroatoms. The van der Waals surface area contributed by atoms with E-state index in [2.05, 4.69) is 30.3 Å². The van der Waals surface area contributed by atoms with Gasteiger partial charge in [-0.15, -0.1) is 0 Å². The molecule has 1 fully saturated rings. The second-order valence-electron chi connectivity index (χ2n) is 5.09. The Bertz CT molecular complexity index is 290. The molecule has 0 amide bonds. The molecule has 1 atom stereocenters. The highest BCUT2D eigenvalue weighted by atomic mass is 14.7. The van der Waals surface area contributed by atoms with Gasteiger partial charge in [0.1, 0.15) is 0 Å². The lowest BCUT2D eigenvalue weighted by Gasteiger charge is -2.09. The highest BCUT2D eigenvalue weighted by molar-refractivity contribution is 5.14. The number of rotatable bonds is 7. The largest absolute Gasteiger partial charge is 0.327 e. The molecule has 0 bridgehead atoms. The molecule has 1 aliphatic rings. The molecule has 16 heavy (non-hydrogen) atoms. The van der Waals surface area contributed by atoms with Crippen LogP contribution in [0.1, 0.15) is 44.1 Å². The van der Waals surface area contributed by atoms with E-state index in [0.717, 1.165) is 5.92 Å². The summed E-state index contributed by atoms with van der Waals surface area (Å²) in [6, 6.07) is 11.3. The van der Waals surface area contributed by atoms with Gasteiger partial charge in [-0.25, -0.2) is 0 Å². The van der Waals surface area contributed by atoms with Gasteiger partial charge in [0.15, 0.2) is 0 Å². The highest BCUT2D eigenvalue weighted by Gasteiger charge is 2.27. The molecule has 1 aromatic carbocycles. The van der Waals surface area contributed by atoms with Crippen LogP contribution < -0.4 is 5.73 Å². The summed E-state index contributed by atoms with van der Waals surface area (Å²) in [6.07, 6.45) is 9.16. The molecule has 0 spiro atoms. The third-order valence-corrected chi connectivity index (χ3v) is 3.57. The lowest BCUT2D eigenvalue weighted by molar-refractivity contribution is 0.508. The van der Waals surface area contributed by atoms with Gasteiger partial charge >= 0.3 is 0 Å². The van der Waals surface area contributed by atoms with E-state index in [1.54, 1.807) is 0 Å². The van der Waals surface area contributed by atoms with Gasteiger partial charge in [0.05, 0.1) is 0 Å². The monoisotopic (exact) mass is 217 g/mol. The highest BCUT2D eigenvalue weighted by Crippen LogP contribution is 2.33. The first kappa shape index (κ1) is 11.7. The second kappa shape index (κ2) is 6.05. The van der Waals surface area contributed by atoms with E-state index in [1.807, 2.05) is 0 Å². The zero-order valence-electron chi connectivity index (χ0n) is 10.1. The summed E-state index contributed by atoms with van der Waals surface area (Å²) in [7, 11) is 0. The maximum atomic E-state index is 6.07. The third-order valence-electron chi connectivity index (χ3n) is 3.57. The Kier molecular flexibility index (Phi) is 4.41. The summed E-state index contributed by atoms with van der Waals surface area (Å²) >= 11 is 0. The van der Waals surface area contributed by atoms with Crippen LogP contribution in [0.25, 0.3) is 0 Å². The number of hydrogen-bond acceptors (Lipinski definition) is 1. The van der Waals surface area contributed by atoms with E-state index in [1.165, 1.54) is 50.5 Å². The molecule has 1 unspecified atom stereocenters. The minimum Gasteiger partial charge on any atom is -0.327 e. The van der Waals surface area contributed by atoms with Crippen molar-refractivity contribution in [2.45, 2.75) is 51.0 Å². The molecule has 0 saturated heterocycles. The van der Waals surface area contributed by atoms with Crippen molar-refractivity contribution < 1.29 is 0 Å². The van der Waals surface area contributed by atoms with Crippen LogP contribution in [0.3, 0.4) is 0 Å². The first-order valence-electron chi connectivity index (χ1n) is 6.66. The van der Waals surface area contributed by atoms with Gasteiger partial charge in [0, 0.05) is 6.04 Å². The maximum absolute atomic E-state index is 6.07. The van der Waals surface area contributed by atoms with E-state index in [-0.39, 0.29) is 0 Å². The Morgan fingerprint density at radius 3 is 2.50 bits per heavy atom. The Hall–Kier alpha value is -0.820. The lowest BCUT2D eigenvalue weighted by atomic mass is 10.0. The maximum Gasteiger partial charge on any atom is 0.00671 e. The Balaban J connectivity index is 1.52. The number of unbranched alkanes of at least 4 members (excludes halogenated alkanes) is 2. The standard InChI is InChI=1S/C15H23N/c16-15(14-11-12-14)10-6-2-5-9-13-7-3-1-4-8-13/h1,3-4,7-8,14-15H,2,5-6,9-12,16H2. The van der Waals surface area contributed by atoms with E-state index in [0.29, 0.717) is 6.04 Å². The lowest BCUT2D eigenvalue weighted by Crippen LogP contribution is -2.21. The van der Waals surface area contributed by atoms with Crippen molar-refractivity contribution in [3.63, 3.8) is 0 Å². The average Bonchev–Trinajstić information content (AvgIpc) is 3.13. The van der Waals surface area contributed by atoms with E-state index >= 15 is 0 Å². The molecule has 0 heterocycles. The van der Waals surface area contributed by atoms with Crippen LogP contribution in [0, 0.1) is 5.92 Å². The number of hydrogen-bond donors (Lipinski definition) is 1. The zero-order valence-corrected chi connectivity index (χ0v) is 10.1. The van der Waals surface area contributed by atoms with Gasteiger partial charge in [-0.05, 0) is 43.6 Å². The average molecular weight is 217 g/mol. The quantitative estimate of drug-likeness (QED) is 0.695. The molecule has 2 rings (SSSR count). The molecule has 0 aliphatic heterocycles. The Labute approximate surface area is 99.0 Å². The van der Waals surface area contributed by atoms with E-state index in [9.17, 15) is 0 Å². The fourth-order valence-electron chi connectivity index (χ4n) is 2.29. The SMILES string of the molecule is NC(CCCCCc1ccccc1)C1CC1. The second-order valence-corrected chi connectivity index (χ2v) is 5.09. The van der Waals surface area contributed by atoms with Crippen molar-refractivity contribution in [1.29, 1.82) is 0 Å². The molecule has 0 aromatic heterocycles. The topological polar surface area (TPSA) is 26.0 Å². The van der Waals surface area contributed by atoms with Crippen LogP contribution in [0.15, 0.2) is 30.3 Å². The van der Waals surface area contributed by atoms with Gasteiger partial charge in [0.2, 0.25) is 0 Å². The molecule has 1 aliphatic carbocycles. The van der Waals surface area contributed by atoms with Crippen LogP contribution in [-0.2, 0) is 6.42 Å². The molecular formula is C15H23N. The molecule has 88 valence electrons. The summed E-state index contributed by atoms with van der Waals surface area (Å²) in [5.41, 5.74) is 7.54. The van der Waals surface area contributed by atoms with Gasteiger partial charge < -0.3 is 5.73 Å². The summed E-state index contributed by atoms with van der Waals surface area (Å²) in [5, 5.41) is 0. The molecule has 2 N–H and O–H groups in total. The van der Waals surface area contributed by atoms with Gasteiger partial charge in [-0.3, -0.25) is 0 Å². The number of nitrogens with two attached hydrogens (primary N) is 1. The fraction of sp³-hybridized carbons (Fsp3) is 0.600. The summed E-state index contributed by atoms with van der Waals surface area (Å²) in [6.45, 7) is 0. The minimum absolute atomic E-state index is 0.497. The summed E-state index contributed by atoms with van der Waals surface area (Å²) < 4.78 is 0. The van der Waals surface area contributed by atoms with E-state index in [4.69, 9.17) is 5.73 Å². The smallest absolute Gasteiger partial charge is 0.00671 e. The molecule has 0 radical (unpaired) electrons. The van der Waals surface area contributed by atoms with Gasteiger partial charge in [-0.1, -0.05) is 43.2 Å². The normalized spacial score (nSPS) is 17.3. The van der Waals surface area contributed by atoms with Crippen molar-refractivity contribution >= 4 is 0 Å². The van der Waals surface area contributed by atoms with Gasteiger partial charge in [-0.2, -0.15) is 0 Å². The first-order valence-corrected chi connectivity index (χ1v) is 6.66. The molecule has 1 nitrogen and oxygen atoms in total. The van der Waals surface area contributed by atoms with Gasteiger partial charge in [0.25, 0.3) is 0 Å². The van der Waals surface area contributed by atoms with Crippen molar-refractivity contribution in [3.05, 3.63) is 35.9 Å². The van der Waals surface area contributed by atoms with Crippen molar-refractivity contribution in [3.8, 4) is 0 Å². The summed E-state index contributed by atoms with van der Waals surface area (Å²) in [5.74, 6) is 0.870. The van der Waals surface area contributed by atoms with E-state index < -0.39 is 0 Å². The summed E-state index contributed by atoms with van der Waals surface area (Å²) in [4.78, 5) is 0. The Morgan fingerprint density at radius 2 is 1.81 bits per heavy atom. The van der Waals surface area contributed by atoms with Crippen LogP contribution in [0.4, 0.5) is 0 Å². The Morgan fingerprint density at radius 1 is 1.06 bits per heavy atom. The minimum atomic E-state index is 0.497. The number of aryl methyl sites for hydroxylation is 1. The van der Waals surface area contributed by atoms with Crippen molar-refractivity contribution in [2.24, 2.45) is 11.7 Å². The third kappa shape index (κ3) is 3.97. The molecule has 1 aromatic rings. The van der Waals surface area contributed by atoms with Crippen LogP contribution in [0.2, 0.25) is 0 Å². The van der Waals surface area contributed by atoms with Crippen LogP contribution in [0.5, 0.6) is 0 Å². The molecule has 1 saturated carbocycles. The predicted octanol–water partition coefficient (Wildman–Crippen LogP) is 3.53.